The Labute approximate surface area is 178 Å². The number of aromatic nitrogens is 1. The zero-order valence-corrected chi connectivity index (χ0v) is 19.0. The van der Waals surface area contributed by atoms with Crippen LogP contribution in [0.25, 0.3) is 0 Å². The third kappa shape index (κ3) is 5.17. The molecule has 0 aromatic carbocycles. The Bertz CT molecular complexity index is 712. The van der Waals surface area contributed by atoms with Crippen molar-refractivity contribution < 1.29 is 4.79 Å². The van der Waals surface area contributed by atoms with Crippen LogP contribution in [-0.4, -0.2) is 28.8 Å². The normalized spacial score (nSPS) is 23.2. The van der Waals surface area contributed by atoms with E-state index in [1.807, 2.05) is 12.3 Å². The van der Waals surface area contributed by atoms with Crippen LogP contribution in [0.15, 0.2) is 31.0 Å². The fraction of sp³-hybridized carbons (Fsp3) is 0.692. The predicted octanol–water partition coefficient (Wildman–Crippen LogP) is 6.15. The van der Waals surface area contributed by atoms with Gasteiger partial charge in [-0.1, -0.05) is 39.8 Å². The highest BCUT2D eigenvalue weighted by Crippen LogP contribution is 2.44. The van der Waals surface area contributed by atoms with E-state index in [1.165, 1.54) is 24.1 Å². The van der Waals surface area contributed by atoms with Crippen molar-refractivity contribution in [3.05, 3.63) is 42.2 Å². The summed E-state index contributed by atoms with van der Waals surface area (Å²) in [5.41, 5.74) is 2.55. The molecule has 1 saturated heterocycles. The number of allylic oxidation sites excluding steroid dienone is 1. The SMILES string of the molecule is C=CCCC(C)(C(=O)CC(C)(C)C)C1CCN(C2CCCc3cccnc32)CC1. The first-order valence-corrected chi connectivity index (χ1v) is 11.6. The predicted molar refractivity (Wildman–Crippen MR) is 121 cm³/mol. The maximum absolute atomic E-state index is 13.4. The second kappa shape index (κ2) is 9.12. The number of hydrogen-bond donors (Lipinski definition) is 0. The van der Waals surface area contributed by atoms with E-state index >= 15 is 0 Å². The lowest BCUT2D eigenvalue weighted by Gasteiger charge is -2.45. The van der Waals surface area contributed by atoms with Gasteiger partial charge in [-0.3, -0.25) is 14.7 Å². The van der Waals surface area contributed by atoms with E-state index in [1.54, 1.807) is 0 Å². The van der Waals surface area contributed by atoms with Gasteiger partial charge < -0.3 is 0 Å². The van der Waals surface area contributed by atoms with E-state index in [-0.39, 0.29) is 10.8 Å². The molecule has 1 aliphatic heterocycles. The Morgan fingerprint density at radius 3 is 2.62 bits per heavy atom. The van der Waals surface area contributed by atoms with Gasteiger partial charge in [0, 0.05) is 18.0 Å². The van der Waals surface area contributed by atoms with Crippen LogP contribution in [0.3, 0.4) is 0 Å². The zero-order chi connectivity index (χ0) is 21.1. The second-order valence-corrected chi connectivity index (χ2v) is 10.7. The van der Waals surface area contributed by atoms with Gasteiger partial charge in [0.2, 0.25) is 0 Å². The Balaban J connectivity index is 1.70. The highest BCUT2D eigenvalue weighted by Gasteiger charge is 2.43. The lowest BCUT2D eigenvalue weighted by Crippen LogP contribution is -2.45. The summed E-state index contributed by atoms with van der Waals surface area (Å²) in [5.74, 6) is 0.926. The molecule has 2 aliphatic rings. The second-order valence-electron chi connectivity index (χ2n) is 10.7. The van der Waals surface area contributed by atoms with Crippen LogP contribution in [0.2, 0.25) is 0 Å². The number of piperidine rings is 1. The maximum atomic E-state index is 13.4. The van der Waals surface area contributed by atoms with Crippen LogP contribution in [-0.2, 0) is 11.2 Å². The molecule has 0 radical (unpaired) electrons. The minimum absolute atomic E-state index is 0.0463. The molecular formula is C26H40N2O. The van der Waals surface area contributed by atoms with Gasteiger partial charge in [0.05, 0.1) is 11.7 Å². The van der Waals surface area contributed by atoms with Gasteiger partial charge in [-0.15, -0.1) is 6.58 Å². The molecule has 1 aromatic rings. The van der Waals surface area contributed by atoms with Gasteiger partial charge in [-0.05, 0) is 81.0 Å². The molecule has 0 saturated carbocycles. The van der Waals surface area contributed by atoms with Crippen molar-refractivity contribution in [2.45, 2.75) is 85.1 Å². The molecule has 2 heterocycles. The fourth-order valence-corrected chi connectivity index (χ4v) is 5.45. The van der Waals surface area contributed by atoms with Gasteiger partial charge in [0.25, 0.3) is 0 Å². The number of Topliss-reactive ketones (excluding diaryl/α,β-unsaturated/α-hetero) is 1. The minimum atomic E-state index is -0.226. The number of carbonyl (C=O) groups is 1. The molecule has 1 aliphatic carbocycles. The molecule has 3 nitrogen and oxygen atoms in total. The van der Waals surface area contributed by atoms with Gasteiger partial charge in [-0.2, -0.15) is 0 Å². The van der Waals surface area contributed by atoms with E-state index in [9.17, 15) is 4.79 Å². The smallest absolute Gasteiger partial charge is 0.139 e. The summed E-state index contributed by atoms with van der Waals surface area (Å²) in [7, 11) is 0. The number of rotatable bonds is 7. The number of likely N-dealkylation sites (tertiary alicyclic amines) is 1. The van der Waals surface area contributed by atoms with Crippen LogP contribution < -0.4 is 0 Å². The molecule has 2 atom stereocenters. The molecule has 0 spiro atoms. The average Bonchev–Trinajstić information content (AvgIpc) is 2.70. The van der Waals surface area contributed by atoms with E-state index < -0.39 is 0 Å². The quantitative estimate of drug-likeness (QED) is 0.518. The van der Waals surface area contributed by atoms with Crippen molar-refractivity contribution in [3.63, 3.8) is 0 Å². The summed E-state index contributed by atoms with van der Waals surface area (Å²) in [4.78, 5) is 20.8. The average molecular weight is 397 g/mol. The number of carbonyl (C=O) groups excluding carboxylic acids is 1. The summed E-state index contributed by atoms with van der Waals surface area (Å²) in [6.45, 7) is 14.8. The largest absolute Gasteiger partial charge is 0.299 e. The number of ketones is 1. The third-order valence-corrected chi connectivity index (χ3v) is 7.23. The molecule has 3 heteroatoms. The lowest BCUT2D eigenvalue weighted by atomic mass is 9.64. The van der Waals surface area contributed by atoms with E-state index in [4.69, 9.17) is 4.98 Å². The lowest BCUT2D eigenvalue weighted by molar-refractivity contribution is -0.134. The summed E-state index contributed by atoms with van der Waals surface area (Å²) < 4.78 is 0. The number of hydrogen-bond acceptors (Lipinski definition) is 3. The molecule has 29 heavy (non-hydrogen) atoms. The molecule has 0 bridgehead atoms. The minimum Gasteiger partial charge on any atom is -0.299 e. The molecule has 3 rings (SSSR count). The summed E-state index contributed by atoms with van der Waals surface area (Å²) in [6.07, 6.45) is 12.3. The van der Waals surface area contributed by atoms with Crippen LogP contribution in [0.5, 0.6) is 0 Å². The first-order valence-electron chi connectivity index (χ1n) is 11.6. The summed E-state index contributed by atoms with van der Waals surface area (Å²) in [6, 6.07) is 4.78. The van der Waals surface area contributed by atoms with Crippen molar-refractivity contribution in [2.24, 2.45) is 16.7 Å². The standard InChI is InChI=1S/C26H40N2O/c1-6-7-15-26(5,23(29)19-25(2,3)4)21-13-17-28(18-14-21)22-12-8-10-20-11-9-16-27-24(20)22/h6,9,11,16,21-22H,1,7-8,10,12-15,17-19H2,2-5H3. The fourth-order valence-electron chi connectivity index (χ4n) is 5.45. The first kappa shape index (κ1) is 22.2. The molecule has 2 unspecified atom stereocenters. The Hall–Kier alpha value is -1.48. The summed E-state index contributed by atoms with van der Waals surface area (Å²) >= 11 is 0. The molecule has 160 valence electrons. The number of aryl methyl sites for hydroxylation is 1. The number of nitrogens with zero attached hydrogens (tertiary/aromatic N) is 2. The first-order chi connectivity index (χ1) is 13.7. The van der Waals surface area contributed by atoms with Gasteiger partial charge in [-0.25, -0.2) is 0 Å². The Kier molecular flexibility index (Phi) is 6.98. The number of pyridine rings is 1. The van der Waals surface area contributed by atoms with Crippen molar-refractivity contribution in [3.8, 4) is 0 Å². The Morgan fingerprint density at radius 1 is 1.24 bits per heavy atom. The monoisotopic (exact) mass is 396 g/mol. The van der Waals surface area contributed by atoms with Crippen LogP contribution in [0.4, 0.5) is 0 Å². The molecule has 1 aromatic heterocycles. The summed E-state index contributed by atoms with van der Waals surface area (Å²) in [5, 5.41) is 0. The highest BCUT2D eigenvalue weighted by atomic mass is 16.1. The molecular weight excluding hydrogens is 356 g/mol. The van der Waals surface area contributed by atoms with Crippen molar-refractivity contribution in [1.29, 1.82) is 0 Å². The highest BCUT2D eigenvalue weighted by molar-refractivity contribution is 5.85. The third-order valence-electron chi connectivity index (χ3n) is 7.23. The van der Waals surface area contributed by atoms with Crippen molar-refractivity contribution in [1.82, 2.24) is 9.88 Å². The van der Waals surface area contributed by atoms with E-state index in [0.29, 0.717) is 24.2 Å². The van der Waals surface area contributed by atoms with Crippen molar-refractivity contribution in [2.75, 3.05) is 13.1 Å². The molecule has 1 fully saturated rings. The van der Waals surface area contributed by atoms with Gasteiger partial charge in [0.1, 0.15) is 5.78 Å². The Morgan fingerprint density at radius 2 is 1.97 bits per heavy atom. The topological polar surface area (TPSA) is 33.2 Å². The number of fused-ring (bicyclic) bond motifs is 1. The van der Waals surface area contributed by atoms with Crippen LogP contribution in [0, 0.1) is 16.7 Å². The van der Waals surface area contributed by atoms with E-state index in [2.05, 4.69) is 51.3 Å². The van der Waals surface area contributed by atoms with E-state index in [0.717, 1.165) is 45.2 Å². The maximum Gasteiger partial charge on any atom is 0.139 e. The van der Waals surface area contributed by atoms with Gasteiger partial charge >= 0.3 is 0 Å². The van der Waals surface area contributed by atoms with Gasteiger partial charge in [0.15, 0.2) is 0 Å². The van der Waals surface area contributed by atoms with Crippen LogP contribution in [0.1, 0.15) is 89.9 Å². The zero-order valence-electron chi connectivity index (χ0n) is 19.0. The van der Waals surface area contributed by atoms with Crippen molar-refractivity contribution >= 4 is 5.78 Å². The van der Waals surface area contributed by atoms with Crippen LogP contribution >= 0.6 is 0 Å². The molecule has 0 N–H and O–H groups in total. The molecule has 0 amide bonds.